The summed E-state index contributed by atoms with van der Waals surface area (Å²) < 4.78 is 4.47. The van der Waals surface area contributed by atoms with Gasteiger partial charge in [0, 0.05) is 21.5 Å². The molecule has 0 N–H and O–H groups in total. The lowest BCUT2D eigenvalue weighted by atomic mass is 10.2. The Balaban J connectivity index is 2.18. The summed E-state index contributed by atoms with van der Waals surface area (Å²) in [5.41, 5.74) is 3.19. The Labute approximate surface area is 126 Å². The van der Waals surface area contributed by atoms with Crippen molar-refractivity contribution in [3.8, 4) is 11.3 Å². The van der Waals surface area contributed by atoms with E-state index in [0.717, 1.165) is 16.9 Å². The number of hydrogen-bond donors (Lipinski definition) is 0. The van der Waals surface area contributed by atoms with Gasteiger partial charge in [-0.2, -0.15) is 0 Å². The fourth-order valence-corrected chi connectivity index (χ4v) is 2.70. The largest absolute Gasteiger partial charge is 0.306 e. The molecule has 0 aliphatic heterocycles. The molecule has 0 aliphatic rings. The number of fused-ring (bicyclic) bond motifs is 1. The smallest absolute Gasteiger partial charge is 0.150 e. The van der Waals surface area contributed by atoms with Crippen LogP contribution < -0.4 is 0 Å². The first-order chi connectivity index (χ1) is 8.24. The number of hydrogen-bond acceptors (Lipinski definition) is 1. The Kier molecular flexibility index (Phi) is 3.08. The molecular weight excluding hydrogens is 438 g/mol. The molecule has 84 valence electrons. The Morgan fingerprint density at radius 1 is 1.00 bits per heavy atom. The number of rotatable bonds is 1. The van der Waals surface area contributed by atoms with E-state index < -0.39 is 0 Å². The number of imidazole rings is 1. The molecule has 0 amide bonds. The molecule has 0 radical (unpaired) electrons. The standard InChI is InChI=1S/C13H8I2N2/c14-10-5-3-9(4-6-10)12-8-17-7-1-2-11(15)13(17)16-12/h1-8H. The Hall–Kier alpha value is -0.630. The summed E-state index contributed by atoms with van der Waals surface area (Å²) in [5, 5.41) is 0. The van der Waals surface area contributed by atoms with Gasteiger partial charge >= 0.3 is 0 Å². The van der Waals surface area contributed by atoms with Crippen molar-refractivity contribution in [3.05, 3.63) is 55.9 Å². The van der Waals surface area contributed by atoms with Crippen molar-refractivity contribution in [2.45, 2.75) is 0 Å². The van der Waals surface area contributed by atoms with E-state index in [1.54, 1.807) is 0 Å². The van der Waals surface area contributed by atoms with Crippen LogP contribution in [0, 0.1) is 7.14 Å². The third-order valence-electron chi connectivity index (χ3n) is 2.58. The van der Waals surface area contributed by atoms with Gasteiger partial charge in [0.2, 0.25) is 0 Å². The van der Waals surface area contributed by atoms with Crippen LogP contribution in [0.1, 0.15) is 0 Å². The van der Waals surface area contributed by atoms with E-state index in [0.29, 0.717) is 0 Å². The minimum Gasteiger partial charge on any atom is -0.306 e. The molecule has 3 aromatic rings. The second-order valence-electron chi connectivity index (χ2n) is 3.72. The average molecular weight is 446 g/mol. The maximum Gasteiger partial charge on any atom is 0.150 e. The molecule has 17 heavy (non-hydrogen) atoms. The summed E-state index contributed by atoms with van der Waals surface area (Å²) in [7, 11) is 0. The van der Waals surface area contributed by atoms with Gasteiger partial charge in [0.25, 0.3) is 0 Å². The number of nitrogens with zero attached hydrogens (tertiary/aromatic N) is 2. The average Bonchev–Trinajstić information content (AvgIpc) is 2.75. The molecule has 0 saturated heterocycles. The Bertz CT molecular complexity index is 671. The van der Waals surface area contributed by atoms with E-state index >= 15 is 0 Å². The third kappa shape index (κ3) is 2.20. The fourth-order valence-electron chi connectivity index (χ4n) is 1.74. The van der Waals surface area contributed by atoms with Crippen molar-refractivity contribution in [1.82, 2.24) is 9.38 Å². The fraction of sp³-hybridized carbons (Fsp3) is 0. The highest BCUT2D eigenvalue weighted by atomic mass is 127. The molecule has 0 fully saturated rings. The summed E-state index contributed by atoms with van der Waals surface area (Å²) in [6.07, 6.45) is 4.10. The van der Waals surface area contributed by atoms with Crippen LogP contribution in [0.3, 0.4) is 0 Å². The molecule has 2 aromatic heterocycles. The van der Waals surface area contributed by atoms with Gasteiger partial charge < -0.3 is 4.40 Å². The Morgan fingerprint density at radius 2 is 1.76 bits per heavy atom. The van der Waals surface area contributed by atoms with Crippen molar-refractivity contribution >= 4 is 50.8 Å². The van der Waals surface area contributed by atoms with Crippen LogP contribution in [0.2, 0.25) is 0 Å². The molecule has 2 heterocycles. The van der Waals surface area contributed by atoms with Gasteiger partial charge in [0.15, 0.2) is 5.65 Å². The summed E-state index contributed by atoms with van der Waals surface area (Å²) in [4.78, 5) is 4.67. The van der Waals surface area contributed by atoms with E-state index in [4.69, 9.17) is 0 Å². The van der Waals surface area contributed by atoms with Gasteiger partial charge in [0.1, 0.15) is 0 Å². The molecule has 2 nitrogen and oxygen atoms in total. The van der Waals surface area contributed by atoms with Crippen LogP contribution in [-0.4, -0.2) is 9.38 Å². The minimum absolute atomic E-state index is 1.02. The number of halogens is 2. The van der Waals surface area contributed by atoms with Gasteiger partial charge in [0.05, 0.1) is 9.26 Å². The quantitative estimate of drug-likeness (QED) is 0.513. The third-order valence-corrected chi connectivity index (χ3v) is 4.14. The van der Waals surface area contributed by atoms with E-state index in [-0.39, 0.29) is 0 Å². The zero-order valence-electron chi connectivity index (χ0n) is 8.77. The van der Waals surface area contributed by atoms with E-state index in [1.807, 2.05) is 12.3 Å². The molecule has 0 atom stereocenters. The first-order valence-electron chi connectivity index (χ1n) is 5.13. The molecule has 0 unspecified atom stereocenters. The van der Waals surface area contributed by atoms with Crippen LogP contribution in [0.15, 0.2) is 48.8 Å². The highest BCUT2D eigenvalue weighted by Crippen LogP contribution is 2.22. The van der Waals surface area contributed by atoms with Crippen LogP contribution in [-0.2, 0) is 0 Å². The van der Waals surface area contributed by atoms with E-state index in [1.165, 1.54) is 7.14 Å². The van der Waals surface area contributed by atoms with Crippen LogP contribution in [0.25, 0.3) is 16.9 Å². The number of benzene rings is 1. The first kappa shape index (κ1) is 11.5. The summed E-state index contributed by atoms with van der Waals surface area (Å²) in [6.45, 7) is 0. The first-order valence-corrected chi connectivity index (χ1v) is 7.29. The zero-order chi connectivity index (χ0) is 11.8. The number of aromatic nitrogens is 2. The van der Waals surface area contributed by atoms with Crippen LogP contribution in [0.5, 0.6) is 0 Å². The SMILES string of the molecule is Ic1ccc(-c2cn3cccc(I)c3n2)cc1. The molecule has 0 aliphatic carbocycles. The maximum absolute atomic E-state index is 4.67. The lowest BCUT2D eigenvalue weighted by Crippen LogP contribution is -1.83. The van der Waals surface area contributed by atoms with Gasteiger partial charge in [-0.25, -0.2) is 4.98 Å². The van der Waals surface area contributed by atoms with Crippen molar-refractivity contribution in [2.75, 3.05) is 0 Å². The van der Waals surface area contributed by atoms with Crippen molar-refractivity contribution in [3.63, 3.8) is 0 Å². The summed E-state index contributed by atoms with van der Waals surface area (Å²) >= 11 is 4.62. The van der Waals surface area contributed by atoms with E-state index in [2.05, 4.69) is 91.1 Å². The van der Waals surface area contributed by atoms with Gasteiger partial charge in [-0.3, -0.25) is 0 Å². The zero-order valence-corrected chi connectivity index (χ0v) is 13.1. The van der Waals surface area contributed by atoms with Crippen molar-refractivity contribution < 1.29 is 0 Å². The predicted molar refractivity (Wildman–Crippen MR) is 86.1 cm³/mol. The lowest BCUT2D eigenvalue weighted by molar-refractivity contribution is 1.18. The molecular formula is C13H8I2N2. The molecule has 0 spiro atoms. The highest BCUT2D eigenvalue weighted by molar-refractivity contribution is 14.1. The van der Waals surface area contributed by atoms with Crippen molar-refractivity contribution in [2.24, 2.45) is 0 Å². The van der Waals surface area contributed by atoms with Crippen LogP contribution in [0.4, 0.5) is 0 Å². The molecule has 0 bridgehead atoms. The molecule has 4 heteroatoms. The topological polar surface area (TPSA) is 17.3 Å². The Morgan fingerprint density at radius 3 is 2.47 bits per heavy atom. The summed E-state index contributed by atoms with van der Waals surface area (Å²) in [5.74, 6) is 0. The lowest BCUT2D eigenvalue weighted by Gasteiger charge is -1.95. The van der Waals surface area contributed by atoms with Gasteiger partial charge in [-0.05, 0) is 69.4 Å². The van der Waals surface area contributed by atoms with Gasteiger partial charge in [-0.1, -0.05) is 12.1 Å². The number of pyridine rings is 1. The second kappa shape index (κ2) is 4.56. The van der Waals surface area contributed by atoms with Gasteiger partial charge in [-0.15, -0.1) is 0 Å². The highest BCUT2D eigenvalue weighted by Gasteiger charge is 2.06. The van der Waals surface area contributed by atoms with E-state index in [9.17, 15) is 0 Å². The molecule has 1 aromatic carbocycles. The van der Waals surface area contributed by atoms with Crippen LogP contribution >= 0.6 is 45.2 Å². The predicted octanol–water partition coefficient (Wildman–Crippen LogP) is 4.21. The normalized spacial score (nSPS) is 10.9. The van der Waals surface area contributed by atoms with Crippen molar-refractivity contribution in [1.29, 1.82) is 0 Å². The molecule has 3 rings (SSSR count). The molecule has 0 saturated carbocycles. The summed E-state index contributed by atoms with van der Waals surface area (Å²) in [6, 6.07) is 12.5. The second-order valence-corrected chi connectivity index (χ2v) is 6.13. The monoisotopic (exact) mass is 446 g/mol. The maximum atomic E-state index is 4.67. The minimum atomic E-state index is 1.02.